The van der Waals surface area contributed by atoms with Crippen LogP contribution in [0.1, 0.15) is 55.8 Å². The molecule has 0 unspecified atom stereocenters. The fourth-order valence-electron chi connectivity index (χ4n) is 8.15. The third-order valence-electron chi connectivity index (χ3n) is 11.3. The number of fused-ring (bicyclic) bond motifs is 5. The van der Waals surface area contributed by atoms with E-state index in [1.807, 2.05) is 80.0 Å². The van der Waals surface area contributed by atoms with Gasteiger partial charge in [0, 0.05) is 68.4 Å². The molecule has 3 heterocycles. The van der Waals surface area contributed by atoms with Crippen LogP contribution >= 0.6 is 0 Å². The van der Waals surface area contributed by atoms with Crippen LogP contribution in [0.3, 0.4) is 0 Å². The number of amides is 2. The Hall–Kier alpha value is -7.15. The fraction of sp³-hybridized carbons (Fsp3) is 0.271. The molecular weight excluding hydrogens is 775 g/mol. The van der Waals surface area contributed by atoms with Crippen molar-refractivity contribution in [2.75, 3.05) is 56.2 Å². The van der Waals surface area contributed by atoms with Crippen molar-refractivity contribution in [1.29, 1.82) is 0 Å². The number of aliphatic imine (C=N–C) groups is 2. The highest BCUT2D eigenvalue weighted by molar-refractivity contribution is 6.15. The standard InChI is InChI=1S/C48H47N5O8/c1-49-38-25-44(42(57-3)23-36(38)47(55)52-18-16-32-11-6-8-13-40(32)52)60-28-30-19-31(21-34(20-30)51(2)17-10-15-46(54)59-5)29-61-45-26-39-37(24-43(45)58-4)48(56)53-35(27-50-39)22-33-12-7-9-14-41(33)53/h6-9,11-14,19-21,23-27,35H,1,10,15-18,22,28-29H2,2-5H3/t35-/m0/s1. The Morgan fingerprint density at radius 2 is 1.51 bits per heavy atom. The van der Waals surface area contributed by atoms with E-state index in [4.69, 9.17) is 28.7 Å². The Morgan fingerprint density at radius 3 is 2.21 bits per heavy atom. The molecule has 3 aliphatic rings. The second-order valence-electron chi connectivity index (χ2n) is 15.1. The average molecular weight is 822 g/mol. The first-order valence-corrected chi connectivity index (χ1v) is 20.1. The zero-order chi connectivity index (χ0) is 42.6. The number of rotatable bonds is 15. The molecule has 1 atom stereocenters. The van der Waals surface area contributed by atoms with E-state index in [0.717, 1.165) is 45.7 Å². The molecule has 0 radical (unpaired) electrons. The molecule has 61 heavy (non-hydrogen) atoms. The highest BCUT2D eigenvalue weighted by atomic mass is 16.5. The Balaban J connectivity index is 1.04. The molecule has 0 spiro atoms. The topological polar surface area (TPSA) is 132 Å². The van der Waals surface area contributed by atoms with Crippen molar-refractivity contribution in [2.24, 2.45) is 9.98 Å². The van der Waals surface area contributed by atoms with E-state index in [1.54, 1.807) is 41.2 Å². The van der Waals surface area contributed by atoms with Gasteiger partial charge in [-0.05, 0) is 84.3 Å². The Labute approximate surface area is 354 Å². The summed E-state index contributed by atoms with van der Waals surface area (Å²) in [4.78, 5) is 54.3. The molecular formula is C48H47N5O8. The lowest BCUT2D eigenvalue weighted by molar-refractivity contribution is -0.140. The maximum Gasteiger partial charge on any atom is 0.305 e. The smallest absolute Gasteiger partial charge is 0.305 e. The number of ether oxygens (including phenoxy) is 5. The number of methoxy groups -OCH3 is 3. The first-order chi connectivity index (χ1) is 29.7. The molecule has 0 aliphatic carbocycles. The van der Waals surface area contributed by atoms with Crippen molar-refractivity contribution in [3.05, 3.63) is 124 Å². The summed E-state index contributed by atoms with van der Waals surface area (Å²) in [6.07, 6.45) is 4.17. The molecule has 0 bridgehead atoms. The van der Waals surface area contributed by atoms with E-state index in [1.165, 1.54) is 14.2 Å². The van der Waals surface area contributed by atoms with E-state index in [2.05, 4.69) is 16.6 Å². The van der Waals surface area contributed by atoms with Crippen LogP contribution in [0.2, 0.25) is 0 Å². The second kappa shape index (κ2) is 17.6. The largest absolute Gasteiger partial charge is 0.493 e. The Bertz CT molecular complexity index is 2550. The molecule has 0 saturated carbocycles. The molecule has 0 aromatic heterocycles. The zero-order valence-corrected chi connectivity index (χ0v) is 34.7. The van der Waals surface area contributed by atoms with Crippen LogP contribution in [0, 0.1) is 0 Å². The predicted molar refractivity (Wildman–Crippen MR) is 236 cm³/mol. The Kier molecular flexibility index (Phi) is 11.7. The summed E-state index contributed by atoms with van der Waals surface area (Å²) >= 11 is 0. The van der Waals surface area contributed by atoms with Gasteiger partial charge in [-0.15, -0.1) is 0 Å². The monoisotopic (exact) mass is 821 g/mol. The number of hydrogen-bond acceptors (Lipinski definition) is 11. The van der Waals surface area contributed by atoms with Gasteiger partial charge >= 0.3 is 5.97 Å². The van der Waals surface area contributed by atoms with Gasteiger partial charge in [-0.1, -0.05) is 36.4 Å². The Morgan fingerprint density at radius 1 is 0.836 bits per heavy atom. The number of anilines is 3. The molecule has 0 saturated heterocycles. The minimum Gasteiger partial charge on any atom is -0.493 e. The average Bonchev–Trinajstić information content (AvgIpc) is 3.86. The van der Waals surface area contributed by atoms with Crippen LogP contribution in [0.15, 0.2) is 101 Å². The molecule has 5 aromatic rings. The molecule has 13 heteroatoms. The number of nitrogens with zero attached hydrogens (tertiary/aromatic N) is 5. The molecule has 3 aliphatic heterocycles. The van der Waals surface area contributed by atoms with Crippen LogP contribution in [0.5, 0.6) is 23.0 Å². The summed E-state index contributed by atoms with van der Waals surface area (Å²) in [7, 11) is 6.41. The first-order valence-electron chi connectivity index (χ1n) is 20.1. The number of hydrogen-bond donors (Lipinski definition) is 0. The van der Waals surface area contributed by atoms with Gasteiger partial charge in [0.25, 0.3) is 11.8 Å². The molecule has 0 N–H and O–H groups in total. The number of esters is 1. The normalized spacial score (nSPS) is 14.6. The lowest BCUT2D eigenvalue weighted by atomic mass is 10.1. The van der Waals surface area contributed by atoms with Crippen LogP contribution in [-0.2, 0) is 35.6 Å². The third-order valence-corrected chi connectivity index (χ3v) is 11.3. The van der Waals surface area contributed by atoms with Gasteiger partial charge in [0.1, 0.15) is 13.2 Å². The van der Waals surface area contributed by atoms with Crippen molar-refractivity contribution >= 4 is 59.2 Å². The summed E-state index contributed by atoms with van der Waals surface area (Å²) < 4.78 is 29.2. The van der Waals surface area contributed by atoms with Crippen molar-refractivity contribution in [3.8, 4) is 23.0 Å². The highest BCUT2D eigenvalue weighted by Gasteiger charge is 2.36. The van der Waals surface area contributed by atoms with Gasteiger partial charge in [0.05, 0.1) is 49.9 Å². The molecule has 0 fully saturated rings. The highest BCUT2D eigenvalue weighted by Crippen LogP contribution is 2.42. The van der Waals surface area contributed by atoms with Gasteiger partial charge in [-0.2, -0.15) is 0 Å². The summed E-state index contributed by atoms with van der Waals surface area (Å²) in [5.41, 5.74) is 8.20. The van der Waals surface area contributed by atoms with Crippen LogP contribution < -0.4 is 33.6 Å². The summed E-state index contributed by atoms with van der Waals surface area (Å²) in [6.45, 7) is 5.19. The fourth-order valence-corrected chi connectivity index (χ4v) is 8.15. The van der Waals surface area contributed by atoms with E-state index in [0.29, 0.717) is 71.4 Å². The van der Waals surface area contributed by atoms with Crippen molar-refractivity contribution in [2.45, 2.75) is 44.9 Å². The number of carbonyl (C=O) groups is 3. The van der Waals surface area contributed by atoms with Crippen LogP contribution in [0.4, 0.5) is 28.4 Å². The van der Waals surface area contributed by atoms with E-state index in [-0.39, 0.29) is 43.5 Å². The van der Waals surface area contributed by atoms with E-state index < -0.39 is 0 Å². The maximum absolute atomic E-state index is 14.0. The van der Waals surface area contributed by atoms with Crippen molar-refractivity contribution < 1.29 is 38.1 Å². The minimum atomic E-state index is -0.268. The van der Waals surface area contributed by atoms with Gasteiger partial charge in [-0.25, -0.2) is 0 Å². The SMILES string of the molecule is C=Nc1cc(OCc2cc(COc3cc4c(cc3OC)C(=O)N3c5ccccc5C[C@H]3C=N4)cc(N(C)CCCC(=O)OC)c2)c(OC)cc1C(=O)N1CCc2ccccc21. The lowest BCUT2D eigenvalue weighted by Gasteiger charge is -2.22. The summed E-state index contributed by atoms with van der Waals surface area (Å²) in [5.74, 6) is 1.00. The quantitative estimate of drug-likeness (QED) is 0.0760. The molecule has 13 nitrogen and oxygen atoms in total. The van der Waals surface area contributed by atoms with Crippen molar-refractivity contribution in [1.82, 2.24) is 0 Å². The zero-order valence-electron chi connectivity index (χ0n) is 34.7. The second-order valence-corrected chi connectivity index (χ2v) is 15.1. The van der Waals surface area contributed by atoms with Crippen LogP contribution in [-0.4, -0.2) is 78.2 Å². The summed E-state index contributed by atoms with van der Waals surface area (Å²) in [5, 5.41) is 0. The lowest BCUT2D eigenvalue weighted by Crippen LogP contribution is -2.37. The minimum absolute atomic E-state index is 0.135. The van der Waals surface area contributed by atoms with E-state index in [9.17, 15) is 14.4 Å². The summed E-state index contributed by atoms with van der Waals surface area (Å²) in [6, 6.07) is 28.4. The van der Waals surface area contributed by atoms with Gasteiger partial charge in [-0.3, -0.25) is 29.3 Å². The van der Waals surface area contributed by atoms with Gasteiger partial charge < -0.3 is 33.5 Å². The van der Waals surface area contributed by atoms with Crippen molar-refractivity contribution in [3.63, 3.8) is 0 Å². The molecule has 2 amide bonds. The number of carbonyl (C=O) groups excluding carboxylic acids is 3. The molecule has 8 rings (SSSR count). The molecule has 312 valence electrons. The molecule has 5 aromatic carbocycles. The number of benzene rings is 5. The van der Waals surface area contributed by atoms with Crippen LogP contribution in [0.25, 0.3) is 0 Å². The van der Waals surface area contributed by atoms with E-state index >= 15 is 0 Å². The number of para-hydroxylation sites is 2. The van der Waals surface area contributed by atoms with Gasteiger partial charge in [0.2, 0.25) is 0 Å². The van der Waals surface area contributed by atoms with Gasteiger partial charge in [0.15, 0.2) is 23.0 Å². The first kappa shape index (κ1) is 40.6. The maximum atomic E-state index is 14.0. The third kappa shape index (κ3) is 8.23. The predicted octanol–water partition coefficient (Wildman–Crippen LogP) is 8.07.